The molecule has 1 aliphatic rings. The fraction of sp³-hybridized carbons (Fsp3) is 0.185. The van der Waals surface area contributed by atoms with E-state index in [1.807, 2.05) is 42.5 Å². The van der Waals surface area contributed by atoms with Crippen LogP contribution in [-0.4, -0.2) is 18.2 Å². The first-order valence-corrected chi connectivity index (χ1v) is 13.2. The number of nitrogens with zero attached hydrogens (tertiary/aromatic N) is 1. The molecule has 0 spiro atoms. The minimum atomic E-state index is -0.161. The van der Waals surface area contributed by atoms with Crippen LogP contribution in [0, 0.1) is 17.4 Å². The number of aryl methyl sites for hydroxylation is 2. The Balaban J connectivity index is 1.48. The number of nitrogens with one attached hydrogen (secondary N) is 1. The monoisotopic (exact) mass is 618 g/mol. The highest BCUT2D eigenvalue weighted by Gasteiger charge is 2.24. The van der Waals surface area contributed by atoms with E-state index in [1.165, 1.54) is 22.9 Å². The predicted molar refractivity (Wildman–Crippen MR) is 152 cm³/mol. The summed E-state index contributed by atoms with van der Waals surface area (Å²) in [4.78, 5) is 17.7. The zero-order chi connectivity index (χ0) is 24.9. The molecule has 5 nitrogen and oxygen atoms in total. The van der Waals surface area contributed by atoms with E-state index in [9.17, 15) is 4.79 Å². The number of methoxy groups -OCH3 is 1. The van der Waals surface area contributed by atoms with Crippen molar-refractivity contribution in [1.82, 2.24) is 5.32 Å². The van der Waals surface area contributed by atoms with Gasteiger partial charge in [0, 0.05) is 5.02 Å². The van der Waals surface area contributed by atoms with Crippen molar-refractivity contribution in [2.45, 2.75) is 27.0 Å². The van der Waals surface area contributed by atoms with Crippen LogP contribution in [-0.2, 0) is 17.9 Å². The largest absolute Gasteiger partial charge is 0.493 e. The Hall–Kier alpha value is -2.49. The average Bonchev–Trinajstić information content (AvgIpc) is 3.16. The summed E-state index contributed by atoms with van der Waals surface area (Å²) >= 11 is 9.52. The lowest BCUT2D eigenvalue weighted by atomic mass is 10.1. The van der Waals surface area contributed by atoms with Gasteiger partial charge in [-0.2, -0.15) is 0 Å². The molecule has 0 radical (unpaired) electrons. The summed E-state index contributed by atoms with van der Waals surface area (Å²) in [6.45, 7) is 5.05. The Morgan fingerprint density at radius 1 is 1.06 bits per heavy atom. The van der Waals surface area contributed by atoms with Gasteiger partial charge in [0.1, 0.15) is 6.61 Å². The second-order valence-corrected chi connectivity index (χ2v) is 10.8. The molecule has 8 heteroatoms. The van der Waals surface area contributed by atoms with Crippen LogP contribution in [0.2, 0.25) is 5.02 Å². The molecule has 180 valence electrons. The maximum absolute atomic E-state index is 12.5. The predicted octanol–water partition coefficient (Wildman–Crippen LogP) is 6.91. The Morgan fingerprint density at radius 2 is 1.77 bits per heavy atom. The lowest BCUT2D eigenvalue weighted by Crippen LogP contribution is -2.19. The molecular formula is C27H24ClIN2O3S. The van der Waals surface area contributed by atoms with Crippen LogP contribution >= 0.6 is 46.0 Å². The highest BCUT2D eigenvalue weighted by atomic mass is 127. The number of amides is 1. The second kappa shape index (κ2) is 11.5. The first-order valence-electron chi connectivity index (χ1n) is 10.9. The van der Waals surface area contributed by atoms with E-state index >= 15 is 0 Å². The number of rotatable bonds is 7. The fourth-order valence-corrected chi connectivity index (χ4v) is 5.40. The molecule has 0 aromatic heterocycles. The van der Waals surface area contributed by atoms with Crippen molar-refractivity contribution in [3.8, 4) is 11.5 Å². The fourth-order valence-electron chi connectivity index (χ4n) is 3.68. The number of hydrogen-bond acceptors (Lipinski definition) is 5. The van der Waals surface area contributed by atoms with Crippen LogP contribution in [0.3, 0.4) is 0 Å². The molecule has 0 unspecified atom stereocenters. The van der Waals surface area contributed by atoms with Crippen molar-refractivity contribution in [2.75, 3.05) is 7.11 Å². The molecule has 0 atom stereocenters. The van der Waals surface area contributed by atoms with Crippen molar-refractivity contribution >= 4 is 63.1 Å². The normalized spacial score (nSPS) is 15.5. The van der Waals surface area contributed by atoms with Crippen molar-refractivity contribution in [2.24, 2.45) is 4.99 Å². The van der Waals surface area contributed by atoms with Gasteiger partial charge in [-0.3, -0.25) is 9.79 Å². The quantitative estimate of drug-likeness (QED) is 0.231. The number of carbonyl (C=O) groups excluding carboxylic acids is 1. The Morgan fingerprint density at radius 3 is 2.46 bits per heavy atom. The third kappa shape index (κ3) is 6.80. The van der Waals surface area contributed by atoms with E-state index in [0.717, 1.165) is 20.3 Å². The van der Waals surface area contributed by atoms with Crippen molar-refractivity contribution in [3.63, 3.8) is 0 Å². The SMILES string of the molecule is COc1cc(/C=C2\SC(=NCc3cc(C)cc(C)c3)NC2=O)cc(I)c1OCc1ccc(Cl)cc1. The van der Waals surface area contributed by atoms with Crippen molar-refractivity contribution in [1.29, 1.82) is 0 Å². The van der Waals surface area contributed by atoms with Gasteiger partial charge >= 0.3 is 0 Å². The first-order chi connectivity index (χ1) is 16.8. The van der Waals surface area contributed by atoms with Crippen LogP contribution in [0.5, 0.6) is 11.5 Å². The second-order valence-electron chi connectivity index (χ2n) is 8.13. The molecule has 1 aliphatic heterocycles. The molecule has 0 saturated carbocycles. The number of hydrogen-bond donors (Lipinski definition) is 1. The smallest absolute Gasteiger partial charge is 0.264 e. The summed E-state index contributed by atoms with van der Waals surface area (Å²) in [5.74, 6) is 1.10. The van der Waals surface area contributed by atoms with Gasteiger partial charge in [0.2, 0.25) is 0 Å². The van der Waals surface area contributed by atoms with Gasteiger partial charge in [0.15, 0.2) is 16.7 Å². The maximum atomic E-state index is 12.5. The molecule has 4 rings (SSSR count). The highest BCUT2D eigenvalue weighted by Crippen LogP contribution is 2.36. The van der Waals surface area contributed by atoms with E-state index in [4.69, 9.17) is 21.1 Å². The summed E-state index contributed by atoms with van der Waals surface area (Å²) in [7, 11) is 1.60. The standard InChI is InChI=1S/C27H24ClIN2O3S/c1-16-8-17(2)10-20(9-16)14-30-27-31-26(32)24(35-27)13-19-11-22(29)25(23(12-19)33-3)34-15-18-4-6-21(28)7-5-18/h4-13H,14-15H2,1-3H3,(H,30,31,32)/b24-13-. The summed E-state index contributed by atoms with van der Waals surface area (Å²) in [5, 5.41) is 4.15. The molecule has 1 fully saturated rings. The summed E-state index contributed by atoms with van der Waals surface area (Å²) < 4.78 is 12.5. The first kappa shape index (κ1) is 25.6. The summed E-state index contributed by atoms with van der Waals surface area (Å²) in [6.07, 6.45) is 1.84. The molecule has 1 N–H and O–H groups in total. The number of aliphatic imine (C=N–C) groups is 1. The van der Waals surface area contributed by atoms with E-state index < -0.39 is 0 Å². The Bertz CT molecular complexity index is 1300. The summed E-state index contributed by atoms with van der Waals surface area (Å²) in [5.41, 5.74) is 5.38. The van der Waals surface area contributed by atoms with Gasteiger partial charge in [-0.15, -0.1) is 0 Å². The number of thioether (sulfide) groups is 1. The van der Waals surface area contributed by atoms with Crippen molar-refractivity contribution in [3.05, 3.63) is 95.9 Å². The minimum Gasteiger partial charge on any atom is -0.493 e. The molecule has 0 aliphatic carbocycles. The Kier molecular flexibility index (Phi) is 8.41. The van der Waals surface area contributed by atoms with E-state index in [0.29, 0.717) is 39.7 Å². The molecule has 1 heterocycles. The van der Waals surface area contributed by atoms with E-state index in [1.54, 1.807) is 7.11 Å². The van der Waals surface area contributed by atoms with Crippen LogP contribution in [0.4, 0.5) is 0 Å². The number of benzene rings is 3. The number of carbonyl (C=O) groups is 1. The van der Waals surface area contributed by atoms with Gasteiger partial charge in [0.25, 0.3) is 5.91 Å². The molecule has 3 aromatic carbocycles. The molecule has 1 saturated heterocycles. The van der Waals surface area contributed by atoms with Crippen LogP contribution in [0.25, 0.3) is 6.08 Å². The summed E-state index contributed by atoms with van der Waals surface area (Å²) in [6, 6.07) is 17.7. The van der Waals surface area contributed by atoms with Crippen LogP contribution in [0.15, 0.2) is 64.5 Å². The topological polar surface area (TPSA) is 59.9 Å². The third-order valence-corrected chi connectivity index (χ3v) is 7.18. The number of halogens is 2. The Labute approximate surface area is 228 Å². The lowest BCUT2D eigenvalue weighted by molar-refractivity contribution is -0.115. The molecule has 3 aromatic rings. The van der Waals surface area contributed by atoms with Gasteiger partial charge in [-0.25, -0.2) is 0 Å². The van der Waals surface area contributed by atoms with Gasteiger partial charge in [-0.1, -0.05) is 53.1 Å². The van der Waals surface area contributed by atoms with Crippen LogP contribution < -0.4 is 14.8 Å². The van der Waals surface area contributed by atoms with Crippen molar-refractivity contribution < 1.29 is 14.3 Å². The average molecular weight is 619 g/mol. The van der Waals surface area contributed by atoms with E-state index in [2.05, 4.69) is 64.9 Å². The minimum absolute atomic E-state index is 0.161. The number of ether oxygens (including phenoxy) is 2. The highest BCUT2D eigenvalue weighted by molar-refractivity contribution is 14.1. The van der Waals surface area contributed by atoms with Gasteiger partial charge in [0.05, 0.1) is 22.1 Å². The maximum Gasteiger partial charge on any atom is 0.264 e. The van der Waals surface area contributed by atoms with Gasteiger partial charge in [-0.05, 0) is 95.2 Å². The zero-order valence-electron chi connectivity index (χ0n) is 19.5. The molecule has 35 heavy (non-hydrogen) atoms. The molecular weight excluding hydrogens is 595 g/mol. The molecule has 0 bridgehead atoms. The van der Waals surface area contributed by atoms with E-state index in [-0.39, 0.29) is 5.91 Å². The molecule has 1 amide bonds. The lowest BCUT2D eigenvalue weighted by Gasteiger charge is -2.14. The van der Waals surface area contributed by atoms with Gasteiger partial charge < -0.3 is 14.8 Å². The third-order valence-electron chi connectivity index (χ3n) is 5.18. The number of amidine groups is 1. The van der Waals surface area contributed by atoms with Crippen LogP contribution in [0.1, 0.15) is 27.8 Å². The zero-order valence-corrected chi connectivity index (χ0v) is 23.3.